The van der Waals surface area contributed by atoms with E-state index in [4.69, 9.17) is 18.5 Å². The van der Waals surface area contributed by atoms with Crippen LogP contribution in [0.3, 0.4) is 0 Å². The third-order valence-corrected chi connectivity index (χ3v) is 13.3. The highest BCUT2D eigenvalue weighted by molar-refractivity contribution is 7.47. The normalized spacial score (nSPS) is 21.6. The van der Waals surface area contributed by atoms with Crippen LogP contribution in [0.4, 0.5) is 0 Å². The van der Waals surface area contributed by atoms with Gasteiger partial charge in [0.15, 0.2) is 6.10 Å². The van der Waals surface area contributed by atoms with Gasteiger partial charge in [0.2, 0.25) is 0 Å². The maximum absolute atomic E-state index is 12.8. The molecule has 14 heteroatoms. The third kappa shape index (κ3) is 32.3. The van der Waals surface area contributed by atoms with E-state index in [-0.39, 0.29) is 12.8 Å². The quantitative estimate of drug-likeness (QED) is 0.0146. The van der Waals surface area contributed by atoms with E-state index >= 15 is 0 Å². The first-order valence-electron chi connectivity index (χ1n) is 26.0. The minimum atomic E-state index is -5.11. The summed E-state index contributed by atoms with van der Waals surface area (Å²) in [6.45, 7) is 3.33. The average molecular weight is 935 g/mol. The van der Waals surface area contributed by atoms with Crippen molar-refractivity contribution in [3.8, 4) is 0 Å². The van der Waals surface area contributed by atoms with Crippen molar-refractivity contribution in [2.75, 3.05) is 13.2 Å². The molecule has 6 N–H and O–H groups in total. The summed E-state index contributed by atoms with van der Waals surface area (Å²) in [5.41, 5.74) is 0. The molecule has 378 valence electrons. The van der Waals surface area contributed by atoms with Crippen LogP contribution in [0.25, 0.3) is 0 Å². The van der Waals surface area contributed by atoms with Gasteiger partial charge in [0.25, 0.3) is 0 Å². The van der Waals surface area contributed by atoms with E-state index in [1.54, 1.807) is 0 Å². The summed E-state index contributed by atoms with van der Waals surface area (Å²) in [6, 6.07) is 0. The lowest BCUT2D eigenvalue weighted by Crippen LogP contribution is -2.64. The Kier molecular flexibility index (Phi) is 38.5. The topological polar surface area (TPSA) is 210 Å². The number of unbranched alkanes of at least 4 members (excludes halogenated alkanes) is 30. The van der Waals surface area contributed by atoms with E-state index < -0.39 is 75.7 Å². The minimum Gasteiger partial charge on any atom is -0.462 e. The summed E-state index contributed by atoms with van der Waals surface area (Å²) in [5, 5.41) is 50.2. The molecule has 0 aromatic heterocycles. The molecule has 0 radical (unpaired) electrons. The minimum absolute atomic E-state index is 0.103. The number of phosphoric ester groups is 1. The van der Waals surface area contributed by atoms with Crippen LogP contribution < -0.4 is 0 Å². The lowest BCUT2D eigenvalue weighted by Gasteiger charge is -2.41. The van der Waals surface area contributed by atoms with Gasteiger partial charge in [-0.2, -0.15) is 0 Å². The van der Waals surface area contributed by atoms with E-state index in [1.807, 2.05) is 0 Å². The van der Waals surface area contributed by atoms with Gasteiger partial charge >= 0.3 is 19.8 Å². The van der Waals surface area contributed by atoms with Gasteiger partial charge in [-0.15, -0.1) is 0 Å². The number of esters is 2. The van der Waals surface area contributed by atoms with Gasteiger partial charge in [-0.25, -0.2) is 4.57 Å². The third-order valence-electron chi connectivity index (χ3n) is 12.4. The molecule has 1 fully saturated rings. The SMILES string of the molecule is CCCCCCCC/C=C/CCCCCCCCCCCCCC(=O)OC[C@@H](COP(=O)(O)OC1C(O)C(O)C(O)[C@H](O)C1O)OC(=O)CCCCCCCCCCCCCCCC. The van der Waals surface area contributed by atoms with Crippen molar-refractivity contribution in [2.45, 2.75) is 281 Å². The van der Waals surface area contributed by atoms with Crippen LogP contribution in [0.15, 0.2) is 12.2 Å². The lowest BCUT2D eigenvalue weighted by molar-refractivity contribution is -0.220. The Morgan fingerprint density at radius 3 is 1.19 bits per heavy atom. The van der Waals surface area contributed by atoms with Crippen LogP contribution in [0, 0.1) is 0 Å². The highest BCUT2D eigenvalue weighted by Crippen LogP contribution is 2.47. The standard InChI is InChI=1S/C50H95O13P/c1-3-5-7-9-11-13-15-17-19-20-21-22-23-24-25-27-28-30-32-34-36-38-43(51)60-40-42(41-61-64(58,59)63-50-48(56)46(54)45(53)47(55)49(50)57)62-44(52)39-37-35-33-31-29-26-18-16-14-12-10-8-6-4-2/h17,19,42,45-50,53-57H,3-16,18,20-41H2,1-2H3,(H,58,59)/b19-17+/t42-,45?,46-,47?,48?,49?,50?/m0/s1. The first-order chi connectivity index (χ1) is 30.9. The highest BCUT2D eigenvalue weighted by atomic mass is 31.2. The maximum Gasteiger partial charge on any atom is 0.472 e. The Bertz CT molecular complexity index is 1170. The fourth-order valence-corrected chi connectivity index (χ4v) is 9.14. The number of hydrogen-bond acceptors (Lipinski definition) is 12. The number of rotatable bonds is 44. The molecule has 0 aliphatic heterocycles. The Balaban J connectivity index is 2.36. The summed E-state index contributed by atoms with van der Waals surface area (Å²) in [5.74, 6) is -1.09. The molecule has 0 aromatic carbocycles. The molecule has 13 nitrogen and oxygen atoms in total. The van der Waals surface area contributed by atoms with E-state index in [1.165, 1.54) is 161 Å². The smallest absolute Gasteiger partial charge is 0.462 e. The van der Waals surface area contributed by atoms with Crippen molar-refractivity contribution in [3.63, 3.8) is 0 Å². The fraction of sp³-hybridized carbons (Fsp3) is 0.920. The van der Waals surface area contributed by atoms with Crippen LogP contribution in [0.5, 0.6) is 0 Å². The van der Waals surface area contributed by atoms with Gasteiger partial charge in [-0.1, -0.05) is 199 Å². The van der Waals surface area contributed by atoms with Gasteiger partial charge in [0.05, 0.1) is 6.61 Å². The molecule has 6 unspecified atom stereocenters. The number of carbonyl (C=O) groups excluding carboxylic acids is 2. The van der Waals surface area contributed by atoms with Gasteiger partial charge in [0.1, 0.15) is 43.2 Å². The van der Waals surface area contributed by atoms with Crippen LogP contribution in [-0.2, 0) is 32.7 Å². The first kappa shape index (κ1) is 60.6. The van der Waals surface area contributed by atoms with Crippen LogP contribution in [0.2, 0.25) is 0 Å². The number of aliphatic hydroxyl groups is 5. The number of hydrogen-bond donors (Lipinski definition) is 6. The molecule has 0 aromatic rings. The highest BCUT2D eigenvalue weighted by Gasteiger charge is 2.51. The van der Waals surface area contributed by atoms with Crippen molar-refractivity contribution >= 4 is 19.8 Å². The number of aliphatic hydroxyl groups excluding tert-OH is 5. The van der Waals surface area contributed by atoms with E-state index in [0.717, 1.165) is 38.5 Å². The van der Waals surface area contributed by atoms with Gasteiger partial charge in [0, 0.05) is 12.8 Å². The molecule has 0 heterocycles. The Morgan fingerprint density at radius 2 is 0.797 bits per heavy atom. The van der Waals surface area contributed by atoms with Crippen molar-refractivity contribution in [2.24, 2.45) is 0 Å². The first-order valence-corrected chi connectivity index (χ1v) is 27.5. The van der Waals surface area contributed by atoms with Crippen LogP contribution >= 0.6 is 7.82 Å². The fourth-order valence-electron chi connectivity index (χ4n) is 8.17. The summed E-state index contributed by atoms with van der Waals surface area (Å²) < 4.78 is 33.6. The summed E-state index contributed by atoms with van der Waals surface area (Å²) in [4.78, 5) is 35.8. The Labute approximate surface area is 388 Å². The molecular weight excluding hydrogens is 840 g/mol. The van der Waals surface area contributed by atoms with Crippen molar-refractivity contribution in [1.29, 1.82) is 0 Å². The second kappa shape index (κ2) is 40.6. The van der Waals surface area contributed by atoms with Gasteiger partial charge in [-0.3, -0.25) is 18.6 Å². The van der Waals surface area contributed by atoms with E-state index in [2.05, 4.69) is 26.0 Å². The molecule has 0 spiro atoms. The molecular formula is C50H95O13P. The molecule has 64 heavy (non-hydrogen) atoms. The number of phosphoric acid groups is 1. The Morgan fingerprint density at radius 1 is 0.469 bits per heavy atom. The zero-order valence-corrected chi connectivity index (χ0v) is 41.2. The molecule has 0 saturated heterocycles. The monoisotopic (exact) mass is 935 g/mol. The van der Waals surface area contributed by atoms with Crippen molar-refractivity contribution in [1.82, 2.24) is 0 Å². The molecule has 1 aliphatic rings. The van der Waals surface area contributed by atoms with Gasteiger partial charge in [-0.05, 0) is 38.5 Å². The lowest BCUT2D eigenvalue weighted by atomic mass is 9.85. The van der Waals surface area contributed by atoms with E-state index in [0.29, 0.717) is 12.8 Å². The predicted octanol–water partition coefficient (Wildman–Crippen LogP) is 11.0. The second-order valence-corrected chi connectivity index (χ2v) is 19.8. The molecule has 0 bridgehead atoms. The molecule has 0 amide bonds. The average Bonchev–Trinajstić information content (AvgIpc) is 3.28. The van der Waals surface area contributed by atoms with Crippen molar-refractivity contribution in [3.05, 3.63) is 12.2 Å². The van der Waals surface area contributed by atoms with Gasteiger partial charge < -0.3 is 39.9 Å². The summed E-state index contributed by atoms with van der Waals surface area (Å²) >= 11 is 0. The number of ether oxygens (including phenoxy) is 2. The number of carbonyl (C=O) groups is 2. The predicted molar refractivity (Wildman–Crippen MR) is 254 cm³/mol. The largest absolute Gasteiger partial charge is 0.472 e. The molecule has 8 atom stereocenters. The second-order valence-electron chi connectivity index (χ2n) is 18.4. The molecule has 1 rings (SSSR count). The molecule has 1 aliphatic carbocycles. The summed E-state index contributed by atoms with van der Waals surface area (Å²) in [7, 11) is -5.11. The molecule has 1 saturated carbocycles. The number of allylic oxidation sites excluding steroid dienone is 2. The van der Waals surface area contributed by atoms with Crippen molar-refractivity contribution < 1.29 is 63.1 Å². The zero-order chi connectivity index (χ0) is 47.1. The van der Waals surface area contributed by atoms with Crippen LogP contribution in [0.1, 0.15) is 239 Å². The Hall–Kier alpha value is -1.41. The maximum atomic E-state index is 12.8. The van der Waals surface area contributed by atoms with Crippen LogP contribution in [-0.4, -0.2) is 98.3 Å². The summed E-state index contributed by atoms with van der Waals surface area (Å²) in [6.07, 6.45) is 31.2. The van der Waals surface area contributed by atoms with E-state index in [9.17, 15) is 44.6 Å². The zero-order valence-electron chi connectivity index (χ0n) is 40.3.